The van der Waals surface area contributed by atoms with Gasteiger partial charge in [-0.3, -0.25) is 9.69 Å². The number of benzene rings is 1. The summed E-state index contributed by atoms with van der Waals surface area (Å²) >= 11 is 0. The lowest BCUT2D eigenvalue weighted by atomic mass is 10.1. The topological polar surface area (TPSA) is 57.7 Å². The van der Waals surface area contributed by atoms with Crippen molar-refractivity contribution >= 4 is 17.4 Å². The van der Waals surface area contributed by atoms with E-state index in [4.69, 9.17) is 4.74 Å². The Morgan fingerprint density at radius 1 is 1.19 bits per heavy atom. The number of carbonyl (C=O) groups is 1. The highest BCUT2D eigenvalue weighted by Crippen LogP contribution is 2.23. The van der Waals surface area contributed by atoms with Crippen molar-refractivity contribution in [2.24, 2.45) is 0 Å². The molecule has 1 aliphatic rings. The lowest BCUT2D eigenvalue weighted by Crippen LogP contribution is -2.37. The Hall–Kier alpha value is -2.44. The highest BCUT2D eigenvalue weighted by molar-refractivity contribution is 6.04. The van der Waals surface area contributed by atoms with E-state index in [2.05, 4.69) is 34.3 Å². The van der Waals surface area contributed by atoms with E-state index in [0.29, 0.717) is 11.6 Å². The SMILES string of the molecule is C[C@@H](c1ccc(NC(=O)c2ccnc(N(C)C)c2)cc1)N1CCOCC1. The van der Waals surface area contributed by atoms with Gasteiger partial charge < -0.3 is 15.0 Å². The van der Waals surface area contributed by atoms with Crippen LogP contribution in [0.1, 0.15) is 28.9 Å². The Bertz CT molecular complexity index is 740. The van der Waals surface area contributed by atoms with Crippen molar-refractivity contribution in [2.75, 3.05) is 50.6 Å². The molecule has 0 unspecified atom stereocenters. The first-order valence-electron chi connectivity index (χ1n) is 8.91. The Labute approximate surface area is 154 Å². The van der Waals surface area contributed by atoms with Crippen LogP contribution in [0.4, 0.5) is 11.5 Å². The molecule has 0 saturated carbocycles. The predicted octanol–water partition coefficient (Wildman–Crippen LogP) is 2.79. The van der Waals surface area contributed by atoms with Crippen LogP contribution in [0.5, 0.6) is 0 Å². The maximum Gasteiger partial charge on any atom is 0.255 e. The van der Waals surface area contributed by atoms with Gasteiger partial charge >= 0.3 is 0 Å². The second kappa shape index (κ2) is 8.29. The molecule has 1 aliphatic heterocycles. The van der Waals surface area contributed by atoms with Crippen molar-refractivity contribution in [3.05, 3.63) is 53.7 Å². The number of hydrogen-bond donors (Lipinski definition) is 1. The van der Waals surface area contributed by atoms with Crippen LogP contribution < -0.4 is 10.2 Å². The first-order valence-corrected chi connectivity index (χ1v) is 8.91. The summed E-state index contributed by atoms with van der Waals surface area (Å²) < 4.78 is 5.42. The quantitative estimate of drug-likeness (QED) is 0.895. The number of carbonyl (C=O) groups excluding carboxylic acids is 1. The number of amides is 1. The number of nitrogens with zero attached hydrogens (tertiary/aromatic N) is 3. The standard InChI is InChI=1S/C20H26N4O2/c1-15(24-10-12-26-13-11-24)16-4-6-18(7-5-16)22-20(25)17-8-9-21-19(14-17)23(2)3/h4-9,14-15H,10-13H2,1-3H3,(H,22,25)/t15-/m0/s1. The molecule has 2 heterocycles. The summed E-state index contributed by atoms with van der Waals surface area (Å²) in [5.74, 6) is 0.622. The number of morpholine rings is 1. The molecule has 3 rings (SSSR count). The van der Waals surface area contributed by atoms with E-state index in [0.717, 1.165) is 37.8 Å². The van der Waals surface area contributed by atoms with Crippen LogP contribution in [0.15, 0.2) is 42.6 Å². The van der Waals surface area contributed by atoms with Crippen LogP contribution >= 0.6 is 0 Å². The number of nitrogens with one attached hydrogen (secondary N) is 1. The van der Waals surface area contributed by atoms with Crippen LogP contribution in [-0.2, 0) is 4.74 Å². The van der Waals surface area contributed by atoms with Crippen LogP contribution in [0, 0.1) is 0 Å². The molecule has 1 N–H and O–H groups in total. The Kier molecular flexibility index (Phi) is 5.85. The largest absolute Gasteiger partial charge is 0.379 e. The van der Waals surface area contributed by atoms with Gasteiger partial charge in [-0.25, -0.2) is 4.98 Å². The van der Waals surface area contributed by atoms with Gasteiger partial charge in [-0.05, 0) is 36.8 Å². The molecule has 138 valence electrons. The molecule has 1 saturated heterocycles. The van der Waals surface area contributed by atoms with Crippen molar-refractivity contribution in [2.45, 2.75) is 13.0 Å². The second-order valence-electron chi connectivity index (χ2n) is 6.70. The van der Waals surface area contributed by atoms with E-state index in [-0.39, 0.29) is 5.91 Å². The van der Waals surface area contributed by atoms with Gasteiger partial charge in [0, 0.05) is 50.7 Å². The minimum absolute atomic E-state index is 0.135. The van der Waals surface area contributed by atoms with Crippen LogP contribution in [-0.4, -0.2) is 56.2 Å². The smallest absolute Gasteiger partial charge is 0.255 e. The predicted molar refractivity (Wildman–Crippen MR) is 104 cm³/mol. The van der Waals surface area contributed by atoms with Crippen molar-refractivity contribution < 1.29 is 9.53 Å². The third kappa shape index (κ3) is 4.39. The summed E-state index contributed by atoms with van der Waals surface area (Å²) in [4.78, 5) is 21.0. The molecule has 0 spiro atoms. The van der Waals surface area contributed by atoms with E-state index >= 15 is 0 Å². The van der Waals surface area contributed by atoms with Gasteiger partial charge in [-0.1, -0.05) is 12.1 Å². The number of pyridine rings is 1. The Balaban J connectivity index is 1.65. The third-order valence-electron chi connectivity index (χ3n) is 4.71. The molecule has 6 heteroatoms. The normalized spacial score (nSPS) is 16.1. The Morgan fingerprint density at radius 3 is 2.54 bits per heavy atom. The monoisotopic (exact) mass is 354 g/mol. The zero-order valence-electron chi connectivity index (χ0n) is 15.6. The van der Waals surface area contributed by atoms with Gasteiger partial charge in [0.05, 0.1) is 13.2 Å². The highest BCUT2D eigenvalue weighted by atomic mass is 16.5. The lowest BCUT2D eigenvalue weighted by Gasteiger charge is -2.32. The fourth-order valence-electron chi connectivity index (χ4n) is 3.03. The minimum atomic E-state index is -0.135. The van der Waals surface area contributed by atoms with E-state index < -0.39 is 0 Å². The molecular weight excluding hydrogens is 328 g/mol. The summed E-state index contributed by atoms with van der Waals surface area (Å²) in [7, 11) is 3.80. The highest BCUT2D eigenvalue weighted by Gasteiger charge is 2.18. The van der Waals surface area contributed by atoms with Crippen molar-refractivity contribution in [3.8, 4) is 0 Å². The number of anilines is 2. The Morgan fingerprint density at radius 2 is 1.88 bits per heavy atom. The fourth-order valence-corrected chi connectivity index (χ4v) is 3.03. The number of ether oxygens (including phenoxy) is 1. The van der Waals surface area contributed by atoms with Crippen LogP contribution in [0.3, 0.4) is 0 Å². The van der Waals surface area contributed by atoms with Crippen molar-refractivity contribution in [1.82, 2.24) is 9.88 Å². The zero-order valence-corrected chi connectivity index (χ0v) is 15.6. The molecular formula is C20H26N4O2. The van der Waals surface area contributed by atoms with E-state index in [1.165, 1.54) is 5.56 Å². The summed E-state index contributed by atoms with van der Waals surface area (Å²) in [6, 6.07) is 11.9. The van der Waals surface area contributed by atoms with Crippen molar-refractivity contribution in [3.63, 3.8) is 0 Å². The molecule has 26 heavy (non-hydrogen) atoms. The van der Waals surface area contributed by atoms with Gasteiger partial charge in [-0.2, -0.15) is 0 Å². The molecule has 1 amide bonds. The van der Waals surface area contributed by atoms with Gasteiger partial charge in [0.1, 0.15) is 5.82 Å². The van der Waals surface area contributed by atoms with Gasteiger partial charge in [0.25, 0.3) is 5.91 Å². The fraction of sp³-hybridized carbons (Fsp3) is 0.400. The second-order valence-corrected chi connectivity index (χ2v) is 6.70. The molecule has 0 radical (unpaired) electrons. The average molecular weight is 354 g/mol. The maximum atomic E-state index is 12.5. The van der Waals surface area contributed by atoms with E-state index in [1.54, 1.807) is 18.3 Å². The number of hydrogen-bond acceptors (Lipinski definition) is 5. The number of rotatable bonds is 5. The molecule has 1 aromatic heterocycles. The molecule has 2 aromatic rings. The molecule has 0 aliphatic carbocycles. The first kappa shape index (κ1) is 18.4. The van der Waals surface area contributed by atoms with E-state index in [1.807, 2.05) is 31.1 Å². The number of aromatic nitrogens is 1. The molecule has 6 nitrogen and oxygen atoms in total. The average Bonchev–Trinajstić information content (AvgIpc) is 2.68. The maximum absolute atomic E-state index is 12.5. The zero-order chi connectivity index (χ0) is 18.5. The summed E-state index contributed by atoms with van der Waals surface area (Å²) in [6.45, 7) is 5.70. The van der Waals surface area contributed by atoms with Crippen LogP contribution in [0.2, 0.25) is 0 Å². The van der Waals surface area contributed by atoms with Gasteiger partial charge in [0.15, 0.2) is 0 Å². The van der Waals surface area contributed by atoms with Crippen molar-refractivity contribution in [1.29, 1.82) is 0 Å². The van der Waals surface area contributed by atoms with Crippen LogP contribution in [0.25, 0.3) is 0 Å². The third-order valence-corrected chi connectivity index (χ3v) is 4.71. The summed E-state index contributed by atoms with van der Waals surface area (Å²) in [5, 5.41) is 2.95. The molecule has 1 atom stereocenters. The first-order chi connectivity index (χ1) is 12.5. The van der Waals surface area contributed by atoms with Gasteiger partial charge in [-0.15, -0.1) is 0 Å². The van der Waals surface area contributed by atoms with E-state index in [9.17, 15) is 4.79 Å². The summed E-state index contributed by atoms with van der Waals surface area (Å²) in [6.07, 6.45) is 1.65. The molecule has 1 aromatic carbocycles. The molecule has 0 bridgehead atoms. The lowest BCUT2D eigenvalue weighted by molar-refractivity contribution is 0.0198. The van der Waals surface area contributed by atoms with Gasteiger partial charge in [0.2, 0.25) is 0 Å². The minimum Gasteiger partial charge on any atom is -0.379 e. The molecule has 1 fully saturated rings. The summed E-state index contributed by atoms with van der Waals surface area (Å²) in [5.41, 5.74) is 2.62.